The van der Waals surface area contributed by atoms with Crippen molar-refractivity contribution in [2.24, 2.45) is 0 Å². The van der Waals surface area contributed by atoms with E-state index in [-0.39, 0.29) is 34.6 Å². The molecule has 0 saturated carbocycles. The fourth-order valence-corrected chi connectivity index (χ4v) is 2.54. The quantitative estimate of drug-likeness (QED) is 0.537. The Kier molecular flexibility index (Phi) is 4.87. The van der Waals surface area contributed by atoms with E-state index in [9.17, 15) is 18.8 Å². The van der Waals surface area contributed by atoms with Gasteiger partial charge in [-0.1, -0.05) is 11.6 Å². The highest BCUT2D eigenvalue weighted by Crippen LogP contribution is 2.21. The van der Waals surface area contributed by atoms with Gasteiger partial charge >= 0.3 is 11.9 Å². The Morgan fingerprint density at radius 3 is 2.70 bits per heavy atom. The smallest absolute Gasteiger partial charge is 0.354 e. The van der Waals surface area contributed by atoms with Crippen molar-refractivity contribution in [3.05, 3.63) is 63.0 Å². The van der Waals surface area contributed by atoms with Crippen molar-refractivity contribution >= 4 is 34.6 Å². The highest BCUT2D eigenvalue weighted by Gasteiger charge is 2.20. The van der Waals surface area contributed by atoms with Crippen LogP contribution in [0.2, 0.25) is 5.15 Å². The van der Waals surface area contributed by atoms with Crippen molar-refractivity contribution in [3.8, 4) is 5.69 Å². The first-order chi connectivity index (χ1) is 12.8. The molecule has 0 spiro atoms. The molecule has 3 aromatic heterocycles. The summed E-state index contributed by atoms with van der Waals surface area (Å²) in [4.78, 5) is 43.3. The van der Waals surface area contributed by atoms with Crippen LogP contribution in [-0.4, -0.2) is 38.2 Å². The van der Waals surface area contributed by atoms with Gasteiger partial charge in [0.05, 0.1) is 23.9 Å². The Labute approximate surface area is 155 Å². The highest BCUT2D eigenvalue weighted by atomic mass is 35.5. The van der Waals surface area contributed by atoms with Crippen molar-refractivity contribution in [2.45, 2.75) is 6.92 Å². The van der Waals surface area contributed by atoms with Crippen LogP contribution in [0.5, 0.6) is 0 Å². The predicted octanol–water partition coefficient (Wildman–Crippen LogP) is 2.45. The van der Waals surface area contributed by atoms with Crippen LogP contribution < -0.4 is 5.43 Å². The third kappa shape index (κ3) is 3.36. The number of aromatic carboxylic acids is 1. The molecule has 10 heteroatoms. The number of carbonyl (C=O) groups excluding carboxylic acids is 1. The lowest BCUT2D eigenvalue weighted by Crippen LogP contribution is -2.21. The Morgan fingerprint density at radius 2 is 2.11 bits per heavy atom. The van der Waals surface area contributed by atoms with E-state index in [2.05, 4.69) is 9.97 Å². The number of hydrogen-bond acceptors (Lipinski definition) is 6. The molecule has 27 heavy (non-hydrogen) atoms. The molecule has 0 aliphatic carbocycles. The molecule has 3 heterocycles. The molecule has 3 aromatic rings. The summed E-state index contributed by atoms with van der Waals surface area (Å²) in [6, 6.07) is 3.51. The summed E-state index contributed by atoms with van der Waals surface area (Å²) in [5.41, 5.74) is -1.05. The summed E-state index contributed by atoms with van der Waals surface area (Å²) in [5.74, 6) is -3.03. The van der Waals surface area contributed by atoms with Crippen molar-refractivity contribution in [1.29, 1.82) is 0 Å². The van der Waals surface area contributed by atoms with E-state index in [1.54, 1.807) is 6.92 Å². The van der Waals surface area contributed by atoms with E-state index < -0.39 is 28.3 Å². The van der Waals surface area contributed by atoms with E-state index in [0.29, 0.717) is 0 Å². The number of carboxylic acids is 1. The molecule has 3 rings (SSSR count). The molecule has 0 atom stereocenters. The molecule has 1 N–H and O–H groups in total. The first kappa shape index (κ1) is 18.5. The van der Waals surface area contributed by atoms with Gasteiger partial charge in [0, 0.05) is 6.20 Å². The van der Waals surface area contributed by atoms with Gasteiger partial charge in [-0.15, -0.1) is 0 Å². The lowest BCUT2D eigenvalue weighted by atomic mass is 10.2. The summed E-state index contributed by atoms with van der Waals surface area (Å²) < 4.78 is 20.0. The molecule has 0 radical (unpaired) electrons. The van der Waals surface area contributed by atoms with E-state index in [4.69, 9.17) is 21.4 Å². The van der Waals surface area contributed by atoms with Gasteiger partial charge in [0.2, 0.25) is 5.43 Å². The van der Waals surface area contributed by atoms with E-state index in [0.717, 1.165) is 6.07 Å². The molecule has 0 fully saturated rings. The number of esters is 1. The van der Waals surface area contributed by atoms with Gasteiger partial charge in [-0.05, 0) is 25.1 Å². The summed E-state index contributed by atoms with van der Waals surface area (Å²) >= 11 is 5.73. The average molecular weight is 392 g/mol. The zero-order valence-corrected chi connectivity index (χ0v) is 14.5. The maximum atomic E-state index is 13.8. The molecule has 138 valence electrons. The molecule has 0 aromatic carbocycles. The first-order valence-electron chi connectivity index (χ1n) is 7.61. The number of ether oxygens (including phenoxy) is 1. The SMILES string of the molecule is CCOC(=O)c1cn(-c2ccc(C(=O)O)nc2)c2nc(Cl)c(F)cc2c1=O. The number of pyridine rings is 3. The monoisotopic (exact) mass is 391 g/mol. The van der Waals surface area contributed by atoms with Crippen LogP contribution in [0.3, 0.4) is 0 Å². The van der Waals surface area contributed by atoms with Crippen molar-refractivity contribution in [1.82, 2.24) is 14.5 Å². The first-order valence-corrected chi connectivity index (χ1v) is 7.99. The number of aromatic nitrogens is 3. The second kappa shape index (κ2) is 7.12. The largest absolute Gasteiger partial charge is 0.477 e. The number of carbonyl (C=O) groups is 2. The molecule has 0 aliphatic heterocycles. The number of rotatable bonds is 4. The maximum absolute atomic E-state index is 13.8. The minimum absolute atomic E-state index is 0.0238. The molecular formula is C17H11ClFN3O5. The molecule has 0 unspecified atom stereocenters. The molecular weight excluding hydrogens is 381 g/mol. The van der Waals surface area contributed by atoms with Crippen molar-refractivity contribution in [2.75, 3.05) is 6.61 Å². The molecule has 0 saturated heterocycles. The normalized spacial score (nSPS) is 10.8. The Bertz CT molecular complexity index is 1130. The lowest BCUT2D eigenvalue weighted by Gasteiger charge is -2.13. The minimum Gasteiger partial charge on any atom is -0.477 e. The molecule has 0 amide bonds. The summed E-state index contributed by atoms with van der Waals surface area (Å²) in [7, 11) is 0. The Balaban J connectivity index is 2.34. The second-order valence-electron chi connectivity index (χ2n) is 5.30. The molecule has 0 aliphatic rings. The summed E-state index contributed by atoms with van der Waals surface area (Å²) in [6.45, 7) is 1.62. The number of halogens is 2. The standard InChI is InChI=1S/C17H11ClFN3O5/c1-2-27-17(26)10-7-22(8-3-4-12(16(24)25)20-6-8)15-9(13(10)23)5-11(19)14(18)21-15/h3-7H,2H2,1H3,(H,24,25). The third-order valence-electron chi connectivity index (χ3n) is 3.63. The minimum atomic E-state index is -1.22. The van der Waals surface area contributed by atoms with Crippen LogP contribution >= 0.6 is 11.6 Å². The Hall–Kier alpha value is -3.33. The van der Waals surface area contributed by atoms with E-state index in [1.165, 1.54) is 29.1 Å². The van der Waals surface area contributed by atoms with E-state index in [1.807, 2.05) is 0 Å². The van der Waals surface area contributed by atoms with Gasteiger partial charge in [0.1, 0.15) is 16.9 Å². The molecule has 8 nitrogen and oxygen atoms in total. The highest BCUT2D eigenvalue weighted by molar-refractivity contribution is 6.29. The van der Waals surface area contributed by atoms with Gasteiger partial charge < -0.3 is 9.84 Å². The van der Waals surface area contributed by atoms with Crippen LogP contribution in [0.4, 0.5) is 4.39 Å². The molecule has 0 bridgehead atoms. The summed E-state index contributed by atoms with van der Waals surface area (Å²) in [6.07, 6.45) is 2.38. The summed E-state index contributed by atoms with van der Waals surface area (Å²) in [5, 5.41) is 8.30. The average Bonchev–Trinajstić information content (AvgIpc) is 2.64. The number of nitrogens with zero attached hydrogens (tertiary/aromatic N) is 3. The second-order valence-corrected chi connectivity index (χ2v) is 5.66. The lowest BCUT2D eigenvalue weighted by molar-refractivity contribution is 0.0524. The van der Waals surface area contributed by atoms with Gasteiger partial charge in [-0.3, -0.25) is 9.36 Å². The van der Waals surface area contributed by atoms with Crippen LogP contribution in [0.25, 0.3) is 16.7 Å². The van der Waals surface area contributed by atoms with Gasteiger partial charge in [-0.2, -0.15) is 0 Å². The topological polar surface area (TPSA) is 111 Å². The van der Waals surface area contributed by atoms with Crippen LogP contribution in [0, 0.1) is 5.82 Å². The Morgan fingerprint density at radius 1 is 1.37 bits per heavy atom. The fourth-order valence-electron chi connectivity index (χ4n) is 2.41. The van der Waals surface area contributed by atoms with Crippen LogP contribution in [-0.2, 0) is 4.74 Å². The van der Waals surface area contributed by atoms with Crippen LogP contribution in [0.1, 0.15) is 27.8 Å². The van der Waals surface area contributed by atoms with Gasteiger partial charge in [-0.25, -0.2) is 23.9 Å². The number of carboxylic acid groups (broad SMARTS) is 1. The van der Waals surface area contributed by atoms with Crippen molar-refractivity contribution < 1.29 is 23.8 Å². The predicted molar refractivity (Wildman–Crippen MR) is 93.0 cm³/mol. The third-order valence-corrected chi connectivity index (χ3v) is 3.89. The number of fused-ring (bicyclic) bond motifs is 1. The van der Waals surface area contributed by atoms with Gasteiger partial charge in [0.25, 0.3) is 0 Å². The number of hydrogen-bond donors (Lipinski definition) is 1. The maximum Gasteiger partial charge on any atom is 0.354 e. The van der Waals surface area contributed by atoms with Crippen molar-refractivity contribution in [3.63, 3.8) is 0 Å². The van der Waals surface area contributed by atoms with E-state index >= 15 is 0 Å². The fraction of sp³-hybridized carbons (Fsp3) is 0.118. The zero-order valence-electron chi connectivity index (χ0n) is 13.8. The van der Waals surface area contributed by atoms with Gasteiger partial charge in [0.15, 0.2) is 11.0 Å². The van der Waals surface area contributed by atoms with Crippen LogP contribution in [0.15, 0.2) is 35.4 Å². The zero-order chi connectivity index (χ0) is 19.7.